The Hall–Kier alpha value is -2.71. The smallest absolute Gasteiger partial charge is 0.0974 e. The maximum absolute atomic E-state index is 7.99. The topological polar surface area (TPSA) is 81.8 Å². The summed E-state index contributed by atoms with van der Waals surface area (Å²) in [5.74, 6) is 0. The SMILES string of the molecule is CC/C=C1/C(c2cnn(C(CC)CC)c2)=NC(/C(C=N)=C/NCCN2CCOCC2)=CN1C. The highest BCUT2D eigenvalue weighted by Crippen LogP contribution is 2.25. The summed E-state index contributed by atoms with van der Waals surface area (Å²) in [6.07, 6.45) is 14.5. The third-order valence-corrected chi connectivity index (χ3v) is 6.14. The number of aliphatic imine (C=N–C) groups is 1. The molecule has 33 heavy (non-hydrogen) atoms. The highest BCUT2D eigenvalue weighted by atomic mass is 16.5. The average Bonchev–Trinajstić information content (AvgIpc) is 3.32. The Balaban J connectivity index is 1.80. The first-order valence-electron chi connectivity index (χ1n) is 12.1. The fourth-order valence-corrected chi connectivity index (χ4v) is 4.15. The van der Waals surface area contributed by atoms with Crippen LogP contribution in [0.25, 0.3) is 0 Å². The van der Waals surface area contributed by atoms with Crippen molar-refractivity contribution in [2.45, 2.75) is 46.1 Å². The summed E-state index contributed by atoms with van der Waals surface area (Å²) in [5.41, 5.74) is 4.49. The number of morpholine rings is 1. The molecule has 0 unspecified atom stereocenters. The van der Waals surface area contributed by atoms with E-state index in [1.165, 1.54) is 6.21 Å². The second-order valence-electron chi connectivity index (χ2n) is 8.41. The number of hydrogen-bond donors (Lipinski definition) is 2. The Morgan fingerprint density at radius 1 is 1.24 bits per heavy atom. The predicted octanol–water partition coefficient (Wildman–Crippen LogP) is 3.57. The van der Waals surface area contributed by atoms with E-state index in [1.54, 1.807) is 0 Å². The van der Waals surface area contributed by atoms with E-state index in [0.717, 1.165) is 86.9 Å². The number of allylic oxidation sites excluding steroid dienone is 3. The molecule has 1 saturated heterocycles. The molecule has 0 bridgehead atoms. The Kier molecular flexibility index (Phi) is 9.45. The first-order valence-corrected chi connectivity index (χ1v) is 12.1. The lowest BCUT2D eigenvalue weighted by molar-refractivity contribution is 0.0388. The maximum Gasteiger partial charge on any atom is 0.0974 e. The van der Waals surface area contributed by atoms with Gasteiger partial charge in [0, 0.05) is 69.2 Å². The highest BCUT2D eigenvalue weighted by molar-refractivity contribution is 6.13. The van der Waals surface area contributed by atoms with Gasteiger partial charge in [-0.3, -0.25) is 9.58 Å². The van der Waals surface area contributed by atoms with Crippen LogP contribution in [0.5, 0.6) is 0 Å². The van der Waals surface area contributed by atoms with Gasteiger partial charge in [-0.15, -0.1) is 0 Å². The van der Waals surface area contributed by atoms with Crippen molar-refractivity contribution in [2.75, 3.05) is 46.4 Å². The van der Waals surface area contributed by atoms with Crippen LogP contribution in [0.4, 0.5) is 0 Å². The molecule has 2 aliphatic heterocycles. The van der Waals surface area contributed by atoms with E-state index in [2.05, 4.69) is 57.9 Å². The standard InChI is InChI=1S/C25H39N7O/c1-5-8-24-25(21-17-28-32(18-21)22(6-2)7-3)29-23(19-30(24)4)20(15-26)16-27-9-10-31-11-13-33-14-12-31/h8,15-19,22,26-27H,5-7,9-14H2,1-4H3/b20-16+,24-8-,26-15?. The lowest BCUT2D eigenvalue weighted by Crippen LogP contribution is -2.39. The highest BCUT2D eigenvalue weighted by Gasteiger charge is 2.22. The van der Waals surface area contributed by atoms with Gasteiger partial charge in [-0.1, -0.05) is 26.8 Å². The fourth-order valence-electron chi connectivity index (χ4n) is 4.15. The lowest BCUT2D eigenvalue weighted by atomic mass is 10.1. The minimum atomic E-state index is 0.391. The monoisotopic (exact) mass is 453 g/mol. The average molecular weight is 454 g/mol. The molecule has 2 N–H and O–H groups in total. The van der Waals surface area contributed by atoms with Crippen LogP contribution in [-0.4, -0.2) is 77.9 Å². The number of rotatable bonds is 11. The second kappa shape index (κ2) is 12.5. The van der Waals surface area contributed by atoms with Crippen LogP contribution in [0.3, 0.4) is 0 Å². The molecule has 1 fully saturated rings. The van der Waals surface area contributed by atoms with Crippen molar-refractivity contribution in [3.63, 3.8) is 0 Å². The third kappa shape index (κ3) is 6.42. The summed E-state index contributed by atoms with van der Waals surface area (Å²) in [7, 11) is 2.04. The molecule has 0 atom stereocenters. The molecule has 0 saturated carbocycles. The number of aromatic nitrogens is 2. The number of nitrogens with one attached hydrogen (secondary N) is 2. The molecule has 8 nitrogen and oxygen atoms in total. The van der Waals surface area contributed by atoms with Crippen molar-refractivity contribution in [1.82, 2.24) is 24.9 Å². The summed E-state index contributed by atoms with van der Waals surface area (Å²) in [6, 6.07) is 0.391. The third-order valence-electron chi connectivity index (χ3n) is 6.14. The van der Waals surface area contributed by atoms with Gasteiger partial charge in [-0.25, -0.2) is 4.99 Å². The van der Waals surface area contributed by atoms with Crippen LogP contribution in [0.2, 0.25) is 0 Å². The van der Waals surface area contributed by atoms with E-state index in [4.69, 9.17) is 15.1 Å². The van der Waals surface area contributed by atoms with Gasteiger partial charge in [0.1, 0.15) is 0 Å². The van der Waals surface area contributed by atoms with Crippen LogP contribution in [0.1, 0.15) is 51.6 Å². The largest absolute Gasteiger partial charge is 0.389 e. The van der Waals surface area contributed by atoms with Crippen LogP contribution in [0, 0.1) is 5.41 Å². The summed E-state index contributed by atoms with van der Waals surface area (Å²) in [6.45, 7) is 11.9. The Morgan fingerprint density at radius 2 is 2.00 bits per heavy atom. The molecule has 2 aliphatic rings. The first kappa shape index (κ1) is 24.9. The van der Waals surface area contributed by atoms with Gasteiger partial charge in [-0.2, -0.15) is 5.10 Å². The quantitative estimate of drug-likeness (QED) is 0.395. The predicted molar refractivity (Wildman–Crippen MR) is 135 cm³/mol. The minimum absolute atomic E-state index is 0.391. The minimum Gasteiger partial charge on any atom is -0.389 e. The van der Waals surface area contributed by atoms with Crippen molar-refractivity contribution >= 4 is 11.9 Å². The van der Waals surface area contributed by atoms with Gasteiger partial charge < -0.3 is 20.4 Å². The molecule has 1 aromatic rings. The Labute approximate surface area is 198 Å². The molecule has 180 valence electrons. The van der Waals surface area contributed by atoms with Crippen LogP contribution >= 0.6 is 0 Å². The van der Waals surface area contributed by atoms with Crippen molar-refractivity contribution in [3.05, 3.63) is 53.4 Å². The van der Waals surface area contributed by atoms with E-state index < -0.39 is 0 Å². The summed E-state index contributed by atoms with van der Waals surface area (Å²) < 4.78 is 7.47. The van der Waals surface area contributed by atoms with E-state index >= 15 is 0 Å². The van der Waals surface area contributed by atoms with Crippen molar-refractivity contribution < 1.29 is 4.74 Å². The fraction of sp³-hybridized carbons (Fsp3) is 0.560. The van der Waals surface area contributed by atoms with E-state index in [0.29, 0.717) is 6.04 Å². The van der Waals surface area contributed by atoms with Crippen molar-refractivity contribution in [2.24, 2.45) is 4.99 Å². The van der Waals surface area contributed by atoms with Crippen LogP contribution in [0.15, 0.2) is 52.8 Å². The molecule has 0 radical (unpaired) electrons. The van der Waals surface area contributed by atoms with Gasteiger partial charge >= 0.3 is 0 Å². The van der Waals surface area contributed by atoms with Crippen LogP contribution in [-0.2, 0) is 4.74 Å². The maximum atomic E-state index is 7.99. The molecule has 0 spiro atoms. The van der Waals surface area contributed by atoms with Gasteiger partial charge in [0.05, 0.1) is 42.6 Å². The van der Waals surface area contributed by atoms with Crippen molar-refractivity contribution in [1.29, 1.82) is 5.41 Å². The van der Waals surface area contributed by atoms with Crippen molar-refractivity contribution in [3.8, 4) is 0 Å². The number of hydrogen-bond acceptors (Lipinski definition) is 7. The normalized spacial score (nSPS) is 19.1. The zero-order valence-corrected chi connectivity index (χ0v) is 20.5. The molecule has 1 aromatic heterocycles. The van der Waals surface area contributed by atoms with Crippen LogP contribution < -0.4 is 5.32 Å². The first-order chi connectivity index (χ1) is 16.1. The molecule has 0 aliphatic carbocycles. The van der Waals surface area contributed by atoms with Gasteiger partial charge in [0.2, 0.25) is 0 Å². The van der Waals surface area contributed by atoms with E-state index in [1.807, 2.05) is 25.6 Å². The van der Waals surface area contributed by atoms with Gasteiger partial charge in [0.25, 0.3) is 0 Å². The Morgan fingerprint density at radius 3 is 2.67 bits per heavy atom. The lowest BCUT2D eigenvalue weighted by Gasteiger charge is -2.27. The zero-order chi connectivity index (χ0) is 23.6. The molecular formula is C25H39N7O. The zero-order valence-electron chi connectivity index (χ0n) is 20.5. The molecule has 0 amide bonds. The van der Waals surface area contributed by atoms with E-state index in [-0.39, 0.29) is 0 Å². The summed E-state index contributed by atoms with van der Waals surface area (Å²) >= 11 is 0. The number of ether oxygens (including phenoxy) is 1. The molecule has 8 heteroatoms. The summed E-state index contributed by atoms with van der Waals surface area (Å²) in [4.78, 5) is 9.48. The molecule has 0 aromatic carbocycles. The molecular weight excluding hydrogens is 414 g/mol. The molecule has 3 heterocycles. The van der Waals surface area contributed by atoms with E-state index in [9.17, 15) is 0 Å². The van der Waals surface area contributed by atoms with Gasteiger partial charge in [-0.05, 0) is 19.3 Å². The summed E-state index contributed by atoms with van der Waals surface area (Å²) in [5, 5.41) is 16.0. The number of nitrogens with zero attached hydrogens (tertiary/aromatic N) is 5. The molecule has 3 rings (SSSR count). The Bertz CT molecular complexity index is 902. The second-order valence-corrected chi connectivity index (χ2v) is 8.41. The number of likely N-dealkylation sites (N-methyl/N-ethyl adjacent to an activating group) is 1. The van der Waals surface area contributed by atoms with Gasteiger partial charge in [0.15, 0.2) is 0 Å².